The topological polar surface area (TPSA) is 20.2 Å². The Morgan fingerprint density at radius 1 is 1.07 bits per heavy atom. The number of rotatable bonds is 0. The summed E-state index contributed by atoms with van der Waals surface area (Å²) in [5.41, 5.74) is -2.40. The van der Waals surface area contributed by atoms with Gasteiger partial charge in [-0.2, -0.15) is 13.2 Å². The zero-order valence-corrected chi connectivity index (χ0v) is 9.49. The molecule has 1 fully saturated rings. The normalized spacial score (nSPS) is 34.2. The zero-order valence-electron chi connectivity index (χ0n) is 9.49. The lowest BCUT2D eigenvalue weighted by molar-refractivity contribution is -0.273. The van der Waals surface area contributed by atoms with Crippen molar-refractivity contribution in [1.82, 2.24) is 0 Å². The first kappa shape index (κ1) is 12.8. The second kappa shape index (κ2) is 3.65. The lowest BCUT2D eigenvalue weighted by Gasteiger charge is -2.41. The standard InChI is InChI=1S/C11H19F3O/c1-9(2,3)8-4-6-10(15,7-5-8)11(12,13)14/h8,15H,4-7H2,1-3H3. The Kier molecular flexibility index (Phi) is 3.12. The van der Waals surface area contributed by atoms with Crippen LogP contribution in [-0.4, -0.2) is 16.9 Å². The van der Waals surface area contributed by atoms with Crippen molar-refractivity contribution in [2.75, 3.05) is 0 Å². The van der Waals surface area contributed by atoms with Gasteiger partial charge in [-0.1, -0.05) is 20.8 Å². The molecule has 1 nitrogen and oxygen atoms in total. The van der Waals surface area contributed by atoms with Gasteiger partial charge in [-0.25, -0.2) is 0 Å². The molecule has 0 aromatic rings. The Labute approximate surface area is 88.7 Å². The summed E-state index contributed by atoms with van der Waals surface area (Å²) in [7, 11) is 0. The SMILES string of the molecule is CC(C)(C)C1CCC(O)(C(F)(F)F)CC1. The van der Waals surface area contributed by atoms with Gasteiger partial charge in [0.05, 0.1) is 0 Å². The number of hydrogen-bond acceptors (Lipinski definition) is 1. The van der Waals surface area contributed by atoms with Gasteiger partial charge in [0, 0.05) is 0 Å². The first-order chi connectivity index (χ1) is 6.56. The van der Waals surface area contributed by atoms with Crippen LogP contribution in [0, 0.1) is 11.3 Å². The monoisotopic (exact) mass is 224 g/mol. The molecule has 0 aromatic heterocycles. The molecule has 1 rings (SSSR count). The predicted octanol–water partition coefficient (Wildman–Crippen LogP) is 3.52. The molecule has 90 valence electrons. The van der Waals surface area contributed by atoms with Crippen LogP contribution in [-0.2, 0) is 0 Å². The summed E-state index contributed by atoms with van der Waals surface area (Å²) < 4.78 is 37.5. The van der Waals surface area contributed by atoms with E-state index in [1.165, 1.54) is 0 Å². The van der Waals surface area contributed by atoms with Crippen molar-refractivity contribution in [3.8, 4) is 0 Å². The fourth-order valence-electron chi connectivity index (χ4n) is 2.24. The van der Waals surface area contributed by atoms with Crippen LogP contribution in [0.4, 0.5) is 13.2 Å². The number of alkyl halides is 3. The quantitative estimate of drug-likeness (QED) is 0.667. The maximum Gasteiger partial charge on any atom is 0.417 e. The van der Waals surface area contributed by atoms with E-state index in [4.69, 9.17) is 0 Å². The zero-order chi connectivity index (χ0) is 11.9. The van der Waals surface area contributed by atoms with Crippen molar-refractivity contribution in [2.24, 2.45) is 11.3 Å². The lowest BCUT2D eigenvalue weighted by Crippen LogP contribution is -2.48. The highest BCUT2D eigenvalue weighted by Gasteiger charge is 2.55. The smallest absolute Gasteiger partial charge is 0.380 e. The van der Waals surface area contributed by atoms with E-state index in [1.54, 1.807) is 0 Å². The third-order valence-corrected chi connectivity index (χ3v) is 3.57. The maximum absolute atomic E-state index is 12.5. The molecule has 0 saturated heterocycles. The molecule has 0 amide bonds. The Balaban J connectivity index is 2.64. The highest BCUT2D eigenvalue weighted by Crippen LogP contribution is 2.47. The van der Waals surface area contributed by atoms with Crippen molar-refractivity contribution >= 4 is 0 Å². The first-order valence-corrected chi connectivity index (χ1v) is 5.35. The van der Waals surface area contributed by atoms with Crippen molar-refractivity contribution in [1.29, 1.82) is 0 Å². The summed E-state index contributed by atoms with van der Waals surface area (Å²) in [4.78, 5) is 0. The summed E-state index contributed by atoms with van der Waals surface area (Å²) in [6.07, 6.45) is -3.87. The molecule has 0 spiro atoms. The van der Waals surface area contributed by atoms with Gasteiger partial charge in [-0.3, -0.25) is 0 Å². The molecule has 0 bridgehead atoms. The molecular formula is C11H19F3O. The molecule has 0 heterocycles. The van der Waals surface area contributed by atoms with E-state index >= 15 is 0 Å². The molecule has 0 unspecified atom stereocenters. The molecule has 15 heavy (non-hydrogen) atoms. The van der Waals surface area contributed by atoms with Crippen molar-refractivity contribution in [2.45, 2.75) is 58.2 Å². The van der Waals surface area contributed by atoms with Crippen LogP contribution in [0.15, 0.2) is 0 Å². The summed E-state index contributed by atoms with van der Waals surface area (Å²) >= 11 is 0. The van der Waals surface area contributed by atoms with Crippen LogP contribution in [0.25, 0.3) is 0 Å². The van der Waals surface area contributed by atoms with Crippen LogP contribution < -0.4 is 0 Å². The Hall–Kier alpha value is -0.250. The second-order valence-electron chi connectivity index (χ2n) is 5.67. The van der Waals surface area contributed by atoms with Gasteiger partial charge < -0.3 is 5.11 Å². The molecular weight excluding hydrogens is 205 g/mol. The first-order valence-electron chi connectivity index (χ1n) is 5.35. The van der Waals surface area contributed by atoms with Crippen LogP contribution in [0.5, 0.6) is 0 Å². The maximum atomic E-state index is 12.5. The number of halogens is 3. The molecule has 1 N–H and O–H groups in total. The summed E-state index contributed by atoms with van der Waals surface area (Å²) in [5, 5.41) is 9.47. The predicted molar refractivity (Wildman–Crippen MR) is 52.4 cm³/mol. The van der Waals surface area contributed by atoms with Crippen LogP contribution in [0.1, 0.15) is 46.5 Å². The number of hydrogen-bond donors (Lipinski definition) is 1. The third-order valence-electron chi connectivity index (χ3n) is 3.57. The largest absolute Gasteiger partial charge is 0.417 e. The van der Waals surface area contributed by atoms with Crippen molar-refractivity contribution in [3.05, 3.63) is 0 Å². The fraction of sp³-hybridized carbons (Fsp3) is 1.00. The molecule has 1 aliphatic rings. The second-order valence-corrected chi connectivity index (χ2v) is 5.67. The molecule has 0 aliphatic heterocycles. The summed E-state index contributed by atoms with van der Waals surface area (Å²) in [5.74, 6) is 0.278. The van der Waals surface area contributed by atoms with Crippen LogP contribution in [0.3, 0.4) is 0 Å². The van der Waals surface area contributed by atoms with E-state index in [0.717, 1.165) is 0 Å². The Morgan fingerprint density at radius 3 is 1.73 bits per heavy atom. The van der Waals surface area contributed by atoms with Gasteiger partial charge in [0.25, 0.3) is 0 Å². The van der Waals surface area contributed by atoms with Gasteiger partial charge in [0.1, 0.15) is 0 Å². The molecule has 0 radical (unpaired) electrons. The molecule has 4 heteroatoms. The molecule has 0 atom stereocenters. The van der Waals surface area contributed by atoms with E-state index in [2.05, 4.69) is 0 Å². The third kappa shape index (κ3) is 2.65. The fourth-order valence-corrected chi connectivity index (χ4v) is 2.24. The van der Waals surface area contributed by atoms with E-state index in [9.17, 15) is 18.3 Å². The van der Waals surface area contributed by atoms with E-state index in [-0.39, 0.29) is 24.2 Å². The van der Waals surface area contributed by atoms with E-state index in [0.29, 0.717) is 12.8 Å². The van der Waals surface area contributed by atoms with Gasteiger partial charge in [-0.15, -0.1) is 0 Å². The van der Waals surface area contributed by atoms with E-state index < -0.39 is 11.8 Å². The molecule has 1 aliphatic carbocycles. The highest BCUT2D eigenvalue weighted by molar-refractivity contribution is 4.93. The van der Waals surface area contributed by atoms with Gasteiger partial charge >= 0.3 is 6.18 Å². The molecule has 0 aromatic carbocycles. The molecule has 1 saturated carbocycles. The van der Waals surface area contributed by atoms with Gasteiger partial charge in [-0.05, 0) is 37.0 Å². The average Bonchev–Trinajstić information content (AvgIpc) is 2.01. The Bertz CT molecular complexity index is 219. The van der Waals surface area contributed by atoms with Crippen molar-refractivity contribution in [3.63, 3.8) is 0 Å². The van der Waals surface area contributed by atoms with Gasteiger partial charge in [0.15, 0.2) is 5.60 Å². The minimum atomic E-state index is -4.48. The van der Waals surface area contributed by atoms with Crippen LogP contribution >= 0.6 is 0 Å². The van der Waals surface area contributed by atoms with Crippen LogP contribution in [0.2, 0.25) is 0 Å². The Morgan fingerprint density at radius 2 is 1.47 bits per heavy atom. The minimum Gasteiger partial charge on any atom is -0.380 e. The minimum absolute atomic E-state index is 0.0347. The highest BCUT2D eigenvalue weighted by atomic mass is 19.4. The lowest BCUT2D eigenvalue weighted by atomic mass is 9.68. The summed E-state index contributed by atoms with van der Waals surface area (Å²) in [6.45, 7) is 6.11. The summed E-state index contributed by atoms with van der Waals surface area (Å²) in [6, 6.07) is 0. The van der Waals surface area contributed by atoms with E-state index in [1.807, 2.05) is 20.8 Å². The van der Waals surface area contributed by atoms with Crippen molar-refractivity contribution < 1.29 is 18.3 Å². The number of aliphatic hydroxyl groups is 1. The average molecular weight is 224 g/mol. The van der Waals surface area contributed by atoms with Gasteiger partial charge in [0.2, 0.25) is 0 Å².